The lowest BCUT2D eigenvalue weighted by Gasteiger charge is -2.43. The van der Waals surface area contributed by atoms with Crippen molar-refractivity contribution in [2.45, 2.75) is 32.2 Å². The molecule has 1 N–H and O–H groups in total. The van der Waals surface area contributed by atoms with Crippen LogP contribution in [0.2, 0.25) is 0 Å². The van der Waals surface area contributed by atoms with Gasteiger partial charge in [0, 0.05) is 48.6 Å². The van der Waals surface area contributed by atoms with Crippen LogP contribution in [-0.4, -0.2) is 41.4 Å². The average molecular weight is 419 g/mol. The van der Waals surface area contributed by atoms with Crippen molar-refractivity contribution in [1.82, 2.24) is 15.4 Å². The van der Waals surface area contributed by atoms with E-state index in [0.29, 0.717) is 39.1 Å². The first-order valence-electron chi connectivity index (χ1n) is 10.6. The Kier molecular flexibility index (Phi) is 5.21. The van der Waals surface area contributed by atoms with Crippen LogP contribution < -0.4 is 10.2 Å². The minimum absolute atomic E-state index is 0.222. The summed E-state index contributed by atoms with van der Waals surface area (Å²) < 4.78 is 12.5. The molecule has 2 amide bonds. The van der Waals surface area contributed by atoms with Gasteiger partial charge in [-0.1, -0.05) is 24.3 Å². The number of rotatable bonds is 3. The van der Waals surface area contributed by atoms with Crippen molar-refractivity contribution in [2.75, 3.05) is 19.7 Å². The van der Waals surface area contributed by atoms with Crippen LogP contribution in [0.4, 0.5) is 4.79 Å². The predicted molar refractivity (Wildman–Crippen MR) is 116 cm³/mol. The van der Waals surface area contributed by atoms with Gasteiger partial charge in [-0.15, -0.1) is 0 Å². The Hall–Kier alpha value is -3.16. The van der Waals surface area contributed by atoms with Crippen LogP contribution >= 0.6 is 0 Å². The standard InChI is InChI=1S/C24H25N3O4/c1-2-30-26-23(28)27-11-9-24(10-12-27)29-16-20-13-18(7-8-22(20)31-24)21-14-17-5-3-4-6-19(17)15-25-21/h3-8,13-15H,2,9-12,16H2,1H3,(H,26,28). The smallest absolute Gasteiger partial charge is 0.341 e. The quantitative estimate of drug-likeness (QED) is 0.642. The van der Waals surface area contributed by atoms with Gasteiger partial charge in [0.25, 0.3) is 0 Å². The molecule has 0 saturated carbocycles. The highest BCUT2D eigenvalue weighted by atomic mass is 16.7. The second-order valence-electron chi connectivity index (χ2n) is 7.87. The Bertz CT molecular complexity index is 1110. The summed E-state index contributed by atoms with van der Waals surface area (Å²) in [4.78, 5) is 23.4. The molecule has 2 aliphatic rings. The Morgan fingerprint density at radius 3 is 2.77 bits per heavy atom. The maximum atomic E-state index is 12.1. The Balaban J connectivity index is 1.30. The molecule has 31 heavy (non-hydrogen) atoms. The van der Waals surface area contributed by atoms with E-state index in [2.05, 4.69) is 34.7 Å². The molecule has 1 fully saturated rings. The van der Waals surface area contributed by atoms with Crippen LogP contribution in [-0.2, 0) is 16.2 Å². The fourth-order valence-corrected chi connectivity index (χ4v) is 4.13. The molecule has 0 radical (unpaired) electrons. The molecule has 1 spiro atoms. The molecule has 0 atom stereocenters. The third-order valence-electron chi connectivity index (χ3n) is 5.89. The maximum absolute atomic E-state index is 12.1. The van der Waals surface area contributed by atoms with Crippen LogP contribution in [0.1, 0.15) is 25.3 Å². The van der Waals surface area contributed by atoms with Gasteiger partial charge in [-0.05, 0) is 36.6 Å². The molecule has 0 unspecified atom stereocenters. The summed E-state index contributed by atoms with van der Waals surface area (Å²) in [6.45, 7) is 3.83. The minimum atomic E-state index is -0.682. The molecule has 0 bridgehead atoms. The van der Waals surface area contributed by atoms with E-state index in [0.717, 1.165) is 33.3 Å². The average Bonchev–Trinajstić information content (AvgIpc) is 2.82. The number of aromatic nitrogens is 1. The van der Waals surface area contributed by atoms with Gasteiger partial charge in [0.15, 0.2) is 0 Å². The molecule has 160 valence electrons. The van der Waals surface area contributed by atoms with Gasteiger partial charge in [0.1, 0.15) is 5.75 Å². The van der Waals surface area contributed by atoms with Crippen molar-refractivity contribution >= 4 is 16.8 Å². The zero-order valence-electron chi connectivity index (χ0n) is 17.5. The van der Waals surface area contributed by atoms with Crippen molar-refractivity contribution in [3.05, 3.63) is 60.3 Å². The predicted octanol–water partition coefficient (Wildman–Crippen LogP) is 4.26. The molecule has 1 saturated heterocycles. The van der Waals surface area contributed by atoms with Gasteiger partial charge in [0.2, 0.25) is 5.79 Å². The molecule has 0 aliphatic carbocycles. The third kappa shape index (κ3) is 3.94. The number of amides is 2. The molecular weight excluding hydrogens is 394 g/mol. The Morgan fingerprint density at radius 2 is 1.97 bits per heavy atom. The highest BCUT2D eigenvalue weighted by Crippen LogP contribution is 2.39. The van der Waals surface area contributed by atoms with Crippen LogP contribution in [0.15, 0.2) is 54.7 Å². The van der Waals surface area contributed by atoms with Gasteiger partial charge in [0.05, 0.1) is 18.9 Å². The molecule has 7 nitrogen and oxygen atoms in total. The monoisotopic (exact) mass is 419 g/mol. The third-order valence-corrected chi connectivity index (χ3v) is 5.89. The first kappa shape index (κ1) is 19.8. The SMILES string of the molecule is CCONC(=O)N1CCC2(CC1)OCc1cc(-c3cc4ccccc4cn3)ccc1O2. The van der Waals surface area contributed by atoms with Crippen molar-refractivity contribution in [2.24, 2.45) is 0 Å². The van der Waals surface area contributed by atoms with Gasteiger partial charge in [-0.2, -0.15) is 0 Å². The van der Waals surface area contributed by atoms with E-state index in [4.69, 9.17) is 14.3 Å². The fourth-order valence-electron chi connectivity index (χ4n) is 4.13. The molecule has 3 aromatic rings. The highest BCUT2D eigenvalue weighted by Gasteiger charge is 2.42. The van der Waals surface area contributed by atoms with E-state index in [9.17, 15) is 4.79 Å². The lowest BCUT2D eigenvalue weighted by molar-refractivity contribution is -0.225. The normalized spacial score (nSPS) is 17.3. The first-order chi connectivity index (χ1) is 15.2. The number of ether oxygens (including phenoxy) is 2. The van der Waals surface area contributed by atoms with E-state index < -0.39 is 5.79 Å². The Morgan fingerprint density at radius 1 is 1.16 bits per heavy atom. The van der Waals surface area contributed by atoms with Crippen molar-refractivity contribution < 1.29 is 19.1 Å². The van der Waals surface area contributed by atoms with E-state index >= 15 is 0 Å². The number of piperidine rings is 1. The number of hydroxylamine groups is 1. The first-order valence-corrected chi connectivity index (χ1v) is 10.6. The van der Waals surface area contributed by atoms with Gasteiger partial charge < -0.3 is 14.4 Å². The summed E-state index contributed by atoms with van der Waals surface area (Å²) in [6, 6.07) is 16.2. The summed E-state index contributed by atoms with van der Waals surface area (Å²) in [7, 11) is 0. The summed E-state index contributed by atoms with van der Waals surface area (Å²) in [6.07, 6.45) is 3.13. The second-order valence-corrected chi connectivity index (χ2v) is 7.87. The number of carbonyl (C=O) groups is 1. The lowest BCUT2D eigenvalue weighted by atomic mass is 10.00. The molecule has 3 heterocycles. The van der Waals surface area contributed by atoms with E-state index in [1.807, 2.05) is 37.4 Å². The van der Waals surface area contributed by atoms with Crippen LogP contribution in [0.3, 0.4) is 0 Å². The number of urea groups is 1. The topological polar surface area (TPSA) is 72.9 Å². The van der Waals surface area contributed by atoms with Crippen LogP contribution in [0.5, 0.6) is 5.75 Å². The number of hydrogen-bond donors (Lipinski definition) is 1. The number of carbonyl (C=O) groups excluding carboxylic acids is 1. The second kappa shape index (κ2) is 8.17. The van der Waals surface area contributed by atoms with Crippen molar-refractivity contribution in [3.8, 4) is 17.0 Å². The van der Waals surface area contributed by atoms with E-state index in [1.54, 1.807) is 4.90 Å². The number of nitrogens with one attached hydrogen (secondary N) is 1. The highest BCUT2D eigenvalue weighted by molar-refractivity contribution is 5.85. The molecule has 2 aliphatic heterocycles. The molecule has 2 aromatic carbocycles. The summed E-state index contributed by atoms with van der Waals surface area (Å²) in [5.74, 6) is 0.154. The number of fused-ring (bicyclic) bond motifs is 2. The summed E-state index contributed by atoms with van der Waals surface area (Å²) >= 11 is 0. The van der Waals surface area contributed by atoms with Crippen LogP contribution in [0, 0.1) is 0 Å². The number of likely N-dealkylation sites (tertiary alicyclic amines) is 1. The lowest BCUT2D eigenvalue weighted by Crippen LogP contribution is -2.54. The molecule has 7 heteroatoms. The molecule has 1 aromatic heterocycles. The number of pyridine rings is 1. The number of benzene rings is 2. The van der Waals surface area contributed by atoms with E-state index in [1.165, 1.54) is 0 Å². The summed E-state index contributed by atoms with van der Waals surface area (Å²) in [5, 5.41) is 2.29. The van der Waals surface area contributed by atoms with Crippen molar-refractivity contribution in [3.63, 3.8) is 0 Å². The van der Waals surface area contributed by atoms with E-state index in [-0.39, 0.29) is 6.03 Å². The van der Waals surface area contributed by atoms with Crippen molar-refractivity contribution in [1.29, 1.82) is 0 Å². The summed E-state index contributed by atoms with van der Waals surface area (Å²) in [5.41, 5.74) is 5.41. The maximum Gasteiger partial charge on any atom is 0.341 e. The Labute approximate surface area is 180 Å². The molecular formula is C24H25N3O4. The van der Waals surface area contributed by atoms with Gasteiger partial charge in [-0.3, -0.25) is 9.82 Å². The zero-order valence-corrected chi connectivity index (χ0v) is 17.5. The minimum Gasteiger partial charge on any atom is -0.462 e. The van der Waals surface area contributed by atoms with Gasteiger partial charge >= 0.3 is 6.03 Å². The molecule has 5 rings (SSSR count). The zero-order chi connectivity index (χ0) is 21.3. The van der Waals surface area contributed by atoms with Crippen LogP contribution in [0.25, 0.3) is 22.0 Å². The number of hydrogen-bond acceptors (Lipinski definition) is 5. The largest absolute Gasteiger partial charge is 0.462 e. The fraction of sp³-hybridized carbons (Fsp3) is 0.333. The number of nitrogens with zero attached hydrogens (tertiary/aromatic N) is 2. The van der Waals surface area contributed by atoms with Gasteiger partial charge in [-0.25, -0.2) is 10.3 Å².